The second kappa shape index (κ2) is 13.8. The van der Waals surface area contributed by atoms with E-state index in [-0.39, 0.29) is 0 Å². The first-order valence-electron chi connectivity index (χ1n) is 20.2. The van der Waals surface area contributed by atoms with Gasteiger partial charge in [-0.3, -0.25) is 4.98 Å². The van der Waals surface area contributed by atoms with Gasteiger partial charge in [0.1, 0.15) is 0 Å². The van der Waals surface area contributed by atoms with E-state index in [9.17, 15) is 0 Å². The van der Waals surface area contributed by atoms with Gasteiger partial charge in [-0.25, -0.2) is 15.0 Å². The van der Waals surface area contributed by atoms with Gasteiger partial charge < -0.3 is 0 Å². The summed E-state index contributed by atoms with van der Waals surface area (Å²) in [5.41, 5.74) is 15.4. The molecule has 8 aromatic carbocycles. The molecule has 0 saturated carbocycles. The van der Waals surface area contributed by atoms with Crippen LogP contribution < -0.4 is 0 Å². The fourth-order valence-electron chi connectivity index (χ4n) is 9.42. The molecule has 1 spiro atoms. The molecular formula is C55H34N4S. The molecule has 280 valence electrons. The Kier molecular flexibility index (Phi) is 7.97. The minimum atomic E-state index is -0.611. The second-order valence-corrected chi connectivity index (χ2v) is 16.4. The topological polar surface area (TPSA) is 51.6 Å². The number of hydrogen-bond donors (Lipinski definition) is 0. The Morgan fingerprint density at radius 3 is 1.42 bits per heavy atom. The average Bonchev–Trinajstić information content (AvgIpc) is 3.62. The predicted octanol–water partition coefficient (Wildman–Crippen LogP) is 13.6. The number of hydrogen-bond acceptors (Lipinski definition) is 5. The number of benzene rings is 8. The van der Waals surface area contributed by atoms with Crippen molar-refractivity contribution >= 4 is 22.7 Å². The van der Waals surface area contributed by atoms with Crippen LogP contribution in [0.25, 0.3) is 78.4 Å². The van der Waals surface area contributed by atoms with Gasteiger partial charge in [0.2, 0.25) is 0 Å². The Hall–Kier alpha value is -7.47. The molecule has 1 aliphatic carbocycles. The normalized spacial score (nSPS) is 13.1. The van der Waals surface area contributed by atoms with Gasteiger partial charge in [0.25, 0.3) is 0 Å². The molecule has 0 fully saturated rings. The molecule has 0 atom stereocenters. The smallest absolute Gasteiger partial charge is 0.164 e. The lowest BCUT2D eigenvalue weighted by Gasteiger charge is -2.40. The van der Waals surface area contributed by atoms with Crippen molar-refractivity contribution in [2.24, 2.45) is 0 Å². The van der Waals surface area contributed by atoms with E-state index >= 15 is 0 Å². The van der Waals surface area contributed by atoms with Gasteiger partial charge in [-0.05, 0) is 80.4 Å². The molecule has 60 heavy (non-hydrogen) atoms. The highest BCUT2D eigenvalue weighted by Gasteiger charge is 2.50. The minimum Gasteiger partial charge on any atom is -0.256 e. The maximum absolute atomic E-state index is 5.17. The molecule has 12 rings (SSSR count). The SMILES string of the molecule is c1ccc(-c2nc(-c3ccccc3)nc(-c3ccc4c(c3)C3(c5cc(-c6ccc(-c7ccccc7)c7cccnc67)ccc5S4)c4ccccc4-c4ccccc43)n2)cc1. The zero-order valence-corrected chi connectivity index (χ0v) is 33.1. The number of aromatic nitrogens is 4. The standard InChI is InChI=1S/C55H34N4S/c1-4-15-35(16-5-1)40-28-29-41(51-44(40)23-14-32-56-51)38-26-30-49-47(33-38)55(45-24-12-10-21-42(45)43-22-11-13-25-46(43)55)48-34-39(27-31-50(48)60-49)54-58-52(36-17-6-2-7-18-36)57-53(59-54)37-19-8-3-9-20-37/h1-34H. The van der Waals surface area contributed by atoms with Crippen molar-refractivity contribution in [1.29, 1.82) is 0 Å². The van der Waals surface area contributed by atoms with Crippen LogP contribution in [0.4, 0.5) is 0 Å². The lowest BCUT2D eigenvalue weighted by atomic mass is 9.66. The van der Waals surface area contributed by atoms with E-state index in [0.29, 0.717) is 17.5 Å². The Labute approximate surface area is 352 Å². The van der Waals surface area contributed by atoms with E-state index in [1.165, 1.54) is 54.3 Å². The van der Waals surface area contributed by atoms with Crippen molar-refractivity contribution in [3.63, 3.8) is 0 Å². The predicted molar refractivity (Wildman–Crippen MR) is 244 cm³/mol. The van der Waals surface area contributed by atoms with Crippen molar-refractivity contribution in [3.8, 4) is 67.5 Å². The average molecular weight is 783 g/mol. The van der Waals surface area contributed by atoms with Crippen LogP contribution in [-0.4, -0.2) is 19.9 Å². The number of nitrogens with zero attached hydrogens (tertiary/aromatic N) is 4. The third kappa shape index (κ3) is 5.33. The van der Waals surface area contributed by atoms with Crippen LogP contribution in [0.5, 0.6) is 0 Å². The van der Waals surface area contributed by atoms with E-state index < -0.39 is 5.41 Å². The van der Waals surface area contributed by atoms with Gasteiger partial charge in [-0.2, -0.15) is 0 Å². The van der Waals surface area contributed by atoms with E-state index in [1.54, 1.807) is 0 Å². The summed E-state index contributed by atoms with van der Waals surface area (Å²) in [6.07, 6.45) is 1.91. The highest BCUT2D eigenvalue weighted by atomic mass is 32.2. The monoisotopic (exact) mass is 782 g/mol. The molecule has 0 saturated heterocycles. The zero-order valence-electron chi connectivity index (χ0n) is 32.3. The third-order valence-electron chi connectivity index (χ3n) is 12.1. The van der Waals surface area contributed by atoms with E-state index in [2.05, 4.69) is 158 Å². The van der Waals surface area contributed by atoms with E-state index in [1.807, 2.05) is 60.4 Å². The highest BCUT2D eigenvalue weighted by molar-refractivity contribution is 7.99. The number of fused-ring (bicyclic) bond motifs is 10. The van der Waals surface area contributed by atoms with Gasteiger partial charge in [-0.1, -0.05) is 182 Å². The molecular weight excluding hydrogens is 749 g/mol. The van der Waals surface area contributed by atoms with Gasteiger partial charge >= 0.3 is 0 Å². The van der Waals surface area contributed by atoms with Crippen molar-refractivity contribution in [3.05, 3.63) is 229 Å². The van der Waals surface area contributed by atoms with Crippen molar-refractivity contribution in [1.82, 2.24) is 19.9 Å². The highest BCUT2D eigenvalue weighted by Crippen LogP contribution is 2.63. The second-order valence-electron chi connectivity index (χ2n) is 15.3. The van der Waals surface area contributed by atoms with Crippen LogP contribution in [0.2, 0.25) is 0 Å². The molecule has 2 aromatic heterocycles. The maximum Gasteiger partial charge on any atom is 0.164 e. The fourth-order valence-corrected chi connectivity index (χ4v) is 10.6. The number of rotatable bonds is 5. The van der Waals surface area contributed by atoms with Crippen molar-refractivity contribution in [2.75, 3.05) is 0 Å². The van der Waals surface area contributed by atoms with Crippen LogP contribution in [0.1, 0.15) is 22.3 Å². The summed E-state index contributed by atoms with van der Waals surface area (Å²) in [4.78, 5) is 22.8. The largest absolute Gasteiger partial charge is 0.256 e. The van der Waals surface area contributed by atoms with Gasteiger partial charge in [0.15, 0.2) is 17.5 Å². The molecule has 5 heteroatoms. The maximum atomic E-state index is 5.17. The molecule has 3 heterocycles. The van der Waals surface area contributed by atoms with Gasteiger partial charge in [0, 0.05) is 43.6 Å². The zero-order chi connectivity index (χ0) is 39.6. The van der Waals surface area contributed by atoms with E-state index in [4.69, 9.17) is 19.9 Å². The Morgan fingerprint density at radius 1 is 0.333 bits per heavy atom. The lowest BCUT2D eigenvalue weighted by Crippen LogP contribution is -2.32. The van der Waals surface area contributed by atoms with Crippen molar-refractivity contribution < 1.29 is 0 Å². The fraction of sp³-hybridized carbons (Fsp3) is 0.0182. The first kappa shape index (κ1) is 34.6. The van der Waals surface area contributed by atoms with Crippen molar-refractivity contribution in [2.45, 2.75) is 15.2 Å². The van der Waals surface area contributed by atoms with Crippen LogP contribution in [-0.2, 0) is 5.41 Å². The summed E-state index contributed by atoms with van der Waals surface area (Å²) >= 11 is 1.84. The summed E-state index contributed by atoms with van der Waals surface area (Å²) in [6.45, 7) is 0. The van der Waals surface area contributed by atoms with Crippen LogP contribution in [0.15, 0.2) is 216 Å². The molecule has 2 aliphatic rings. The van der Waals surface area contributed by atoms with Crippen LogP contribution in [0.3, 0.4) is 0 Å². The summed E-state index contributed by atoms with van der Waals surface area (Å²) in [7, 11) is 0. The van der Waals surface area contributed by atoms with E-state index in [0.717, 1.165) is 38.7 Å². The molecule has 0 amide bonds. The molecule has 10 aromatic rings. The Balaban J connectivity index is 1.10. The first-order chi connectivity index (χ1) is 29.7. The molecule has 4 nitrogen and oxygen atoms in total. The summed E-state index contributed by atoms with van der Waals surface area (Å²) in [5, 5.41) is 1.14. The minimum absolute atomic E-state index is 0.611. The number of pyridine rings is 1. The molecule has 0 unspecified atom stereocenters. The summed E-state index contributed by atoms with van der Waals surface area (Å²) in [6, 6.07) is 71.4. The molecule has 0 bridgehead atoms. The Morgan fingerprint density at radius 2 is 0.817 bits per heavy atom. The third-order valence-corrected chi connectivity index (χ3v) is 13.2. The molecule has 1 aliphatic heterocycles. The van der Waals surface area contributed by atoms with Crippen LogP contribution in [0, 0.1) is 0 Å². The van der Waals surface area contributed by atoms with Gasteiger partial charge in [0.05, 0.1) is 10.9 Å². The summed E-state index contributed by atoms with van der Waals surface area (Å²) in [5.74, 6) is 1.93. The lowest BCUT2D eigenvalue weighted by molar-refractivity contribution is 0.723. The van der Waals surface area contributed by atoms with Crippen LogP contribution >= 0.6 is 11.8 Å². The quantitative estimate of drug-likeness (QED) is 0.174. The molecule has 0 radical (unpaired) electrons. The first-order valence-corrected chi connectivity index (χ1v) is 21.0. The molecule has 0 N–H and O–H groups in total. The van der Waals surface area contributed by atoms with Gasteiger partial charge in [-0.15, -0.1) is 0 Å². The summed E-state index contributed by atoms with van der Waals surface area (Å²) < 4.78 is 0. The Bertz CT molecular complexity index is 3190.